The molecule has 0 atom stereocenters. The Bertz CT molecular complexity index is 139. The molecule has 20 heavy (non-hydrogen) atoms. The minimum atomic E-state index is 0.780. The van der Waals surface area contributed by atoms with E-state index in [4.69, 9.17) is 0 Å². The van der Waals surface area contributed by atoms with Gasteiger partial charge in [-0.1, -0.05) is 91.9 Å². The van der Waals surface area contributed by atoms with Gasteiger partial charge in [-0.3, -0.25) is 0 Å². The van der Waals surface area contributed by atoms with Crippen LogP contribution in [0.25, 0.3) is 0 Å². The topological polar surface area (TPSA) is 21.3 Å². The normalized spacial score (nSPS) is 9.05. The van der Waals surface area contributed by atoms with E-state index in [1.54, 1.807) is 14.2 Å². The quantitative estimate of drug-likeness (QED) is 0.540. The van der Waals surface area contributed by atoms with E-state index >= 15 is 0 Å². The Morgan fingerprint density at radius 1 is 0.750 bits per heavy atom. The van der Waals surface area contributed by atoms with Gasteiger partial charge in [-0.2, -0.15) is 0 Å². The van der Waals surface area contributed by atoms with Crippen LogP contribution in [-0.4, -0.2) is 18.7 Å². The maximum atomic E-state index is 4.68. The summed E-state index contributed by atoms with van der Waals surface area (Å²) in [5, 5.41) is 2.78. The summed E-state index contributed by atoms with van der Waals surface area (Å²) >= 11 is 2.26. The first kappa shape index (κ1) is 25.3. The van der Waals surface area contributed by atoms with Gasteiger partial charge in [0.15, 0.2) is 0 Å². The van der Waals surface area contributed by atoms with E-state index in [9.17, 15) is 0 Å². The van der Waals surface area contributed by atoms with Gasteiger partial charge in [-0.25, -0.2) is 0 Å². The summed E-state index contributed by atoms with van der Waals surface area (Å²) in [6.07, 6.45) is 14.0. The molecule has 0 fully saturated rings. The molecule has 0 aliphatic heterocycles. The van der Waals surface area contributed by atoms with Crippen molar-refractivity contribution in [2.75, 3.05) is 14.2 Å². The molecule has 0 saturated heterocycles. The van der Waals surface area contributed by atoms with E-state index in [-0.39, 0.29) is 0 Å². The summed E-state index contributed by atoms with van der Waals surface area (Å²) in [6.45, 7) is 8.98. The Labute approximate surface area is 137 Å². The van der Waals surface area contributed by atoms with E-state index < -0.39 is 0 Å². The third-order valence-corrected chi connectivity index (χ3v) is 3.46. The Morgan fingerprint density at radius 2 is 1.05 bits per heavy atom. The monoisotopic (exact) mass is 324 g/mol. The van der Waals surface area contributed by atoms with E-state index in [0.717, 1.165) is 4.54 Å². The first-order valence-corrected chi connectivity index (χ1v) is 9.11. The van der Waals surface area contributed by atoms with Gasteiger partial charge in [0.1, 0.15) is 0 Å². The maximum absolute atomic E-state index is 4.68. The second-order valence-corrected chi connectivity index (χ2v) is 5.51. The van der Waals surface area contributed by atoms with Crippen LogP contribution in [0.1, 0.15) is 91.9 Å². The summed E-state index contributed by atoms with van der Waals surface area (Å²) in [7, 11) is 3.42. The average Bonchev–Trinajstić information content (AvgIpc) is 2.49. The fourth-order valence-corrected chi connectivity index (χ4v) is 1.46. The molecule has 0 amide bonds. The van der Waals surface area contributed by atoms with Crippen LogP contribution < -0.4 is 5.32 Å². The molecule has 0 unspecified atom stereocenters. The number of unbranched alkanes of at least 4 members (excludes halogenated alkanes) is 8. The molecule has 0 aromatic rings. The van der Waals surface area contributed by atoms with Gasteiger partial charge in [0.2, 0.25) is 0 Å². The van der Waals surface area contributed by atoms with Gasteiger partial charge in [0.25, 0.3) is 0 Å². The second kappa shape index (κ2) is 27.7. The average molecular weight is 324 g/mol. The van der Waals surface area contributed by atoms with Gasteiger partial charge >= 0.3 is 45.7 Å². The van der Waals surface area contributed by atoms with Crippen LogP contribution in [-0.2, 0) is 21.7 Å². The van der Waals surface area contributed by atoms with E-state index in [1.165, 1.54) is 64.2 Å². The molecule has 2 nitrogen and oxygen atoms in total. The second-order valence-electron chi connectivity index (χ2n) is 4.88. The molecule has 0 spiro atoms. The Kier molecular flexibility index (Phi) is 35.1. The van der Waals surface area contributed by atoms with Gasteiger partial charge in [0, 0.05) is 0 Å². The zero-order chi connectivity index (χ0) is 16.1. The summed E-state index contributed by atoms with van der Waals surface area (Å²) in [5.74, 6) is 0. The molecule has 0 aromatic carbocycles. The van der Waals surface area contributed by atoms with Crippen LogP contribution in [0.4, 0.5) is 0 Å². The fraction of sp³-hybridized carbons (Fsp3) is 0.941. The summed E-state index contributed by atoms with van der Waals surface area (Å²) in [6, 6.07) is 0. The van der Waals surface area contributed by atoms with Crippen molar-refractivity contribution in [3.8, 4) is 0 Å². The van der Waals surface area contributed by atoms with Crippen molar-refractivity contribution in [3.63, 3.8) is 0 Å². The van der Waals surface area contributed by atoms with Crippen LogP contribution >= 0.6 is 0 Å². The SMILES string of the molecule is CCCCCCC.CCCCCCC.CN[C](=[V])OC. The summed E-state index contributed by atoms with van der Waals surface area (Å²) < 4.78 is 5.46. The number of rotatable bonds is 10. The number of hydrogen-bond acceptors (Lipinski definition) is 2. The summed E-state index contributed by atoms with van der Waals surface area (Å²) in [5.41, 5.74) is 0. The molecule has 1 N–H and O–H groups in total. The predicted molar refractivity (Wildman–Crippen MR) is 89.9 cm³/mol. The summed E-state index contributed by atoms with van der Waals surface area (Å²) in [4.78, 5) is 0. The first-order chi connectivity index (χ1) is 9.64. The van der Waals surface area contributed by atoms with Crippen LogP contribution in [0.2, 0.25) is 0 Å². The number of nitrogens with one attached hydrogen (secondary N) is 1. The van der Waals surface area contributed by atoms with Crippen molar-refractivity contribution in [3.05, 3.63) is 0 Å². The van der Waals surface area contributed by atoms with Gasteiger partial charge in [-0.15, -0.1) is 0 Å². The van der Waals surface area contributed by atoms with Crippen molar-refractivity contribution in [1.29, 1.82) is 0 Å². The zero-order valence-corrected chi connectivity index (χ0v) is 16.3. The van der Waals surface area contributed by atoms with Crippen LogP contribution in [0.3, 0.4) is 0 Å². The van der Waals surface area contributed by atoms with Crippen molar-refractivity contribution < 1.29 is 21.7 Å². The van der Waals surface area contributed by atoms with E-state index in [1.807, 2.05) is 0 Å². The Hall–Kier alpha value is 0.374. The van der Waals surface area contributed by atoms with Gasteiger partial charge < -0.3 is 0 Å². The molecular formula is C17H39NOV. The van der Waals surface area contributed by atoms with Crippen molar-refractivity contribution >= 4 is 4.54 Å². The molecule has 0 saturated carbocycles. The van der Waals surface area contributed by atoms with Crippen molar-refractivity contribution in [2.45, 2.75) is 91.9 Å². The predicted octanol–water partition coefficient (Wildman–Crippen LogP) is 5.44. The Balaban J connectivity index is -0.000000218. The molecule has 0 aliphatic carbocycles. The minimum absolute atomic E-state index is 0.780. The molecule has 0 radical (unpaired) electrons. The molecule has 3 heteroatoms. The molecule has 0 heterocycles. The molecule has 0 rings (SSSR count). The molecule has 123 valence electrons. The number of ether oxygens (including phenoxy) is 1. The third-order valence-electron chi connectivity index (χ3n) is 2.82. The Morgan fingerprint density at radius 3 is 1.15 bits per heavy atom. The molecule has 0 bridgehead atoms. The van der Waals surface area contributed by atoms with Crippen molar-refractivity contribution in [1.82, 2.24) is 5.32 Å². The van der Waals surface area contributed by atoms with E-state index in [2.05, 4.69) is 54.7 Å². The molecular weight excluding hydrogens is 285 g/mol. The zero-order valence-electron chi connectivity index (χ0n) is 14.9. The van der Waals surface area contributed by atoms with Crippen LogP contribution in [0, 0.1) is 0 Å². The van der Waals surface area contributed by atoms with Gasteiger partial charge in [-0.05, 0) is 0 Å². The standard InChI is InChI=1S/2C7H16.C3H7NO.V/c2*1-3-5-7-6-4-2;1-4-3-5-2;/h2*3-7H2,1-2H3;4H,1-2H3;. The molecule has 0 aromatic heterocycles. The van der Waals surface area contributed by atoms with E-state index in [0.29, 0.717) is 0 Å². The molecule has 0 aliphatic rings. The fourth-order valence-electron chi connectivity index (χ4n) is 1.46. The first-order valence-electron chi connectivity index (χ1n) is 8.41. The van der Waals surface area contributed by atoms with Crippen molar-refractivity contribution in [2.24, 2.45) is 0 Å². The third kappa shape index (κ3) is 36.2. The van der Waals surface area contributed by atoms with Crippen LogP contribution in [0.15, 0.2) is 0 Å². The number of hydrogen-bond donors (Lipinski definition) is 1. The number of methoxy groups -OCH3 is 1. The van der Waals surface area contributed by atoms with Crippen LogP contribution in [0.5, 0.6) is 0 Å². The van der Waals surface area contributed by atoms with Gasteiger partial charge in [0.05, 0.1) is 0 Å².